The summed E-state index contributed by atoms with van der Waals surface area (Å²) in [6.45, 7) is 0. The number of carbonyl (C=O) groups excluding carboxylic acids is 1. The van der Waals surface area contributed by atoms with Gasteiger partial charge in [-0.2, -0.15) is 0 Å². The van der Waals surface area contributed by atoms with Crippen LogP contribution in [0.2, 0.25) is 0 Å². The van der Waals surface area contributed by atoms with Gasteiger partial charge < -0.3 is 11.1 Å². The smallest absolute Gasteiger partial charge is 0.276 e. The molecule has 1 amide bonds. The number of carbonyl (C=O) groups is 1. The highest BCUT2D eigenvalue weighted by atomic mass is 19.1. The number of pyridine rings is 1. The minimum atomic E-state index is -0.863. The van der Waals surface area contributed by atoms with Gasteiger partial charge in [-0.15, -0.1) is 0 Å². The highest BCUT2D eigenvalue weighted by Crippen LogP contribution is 2.17. The Morgan fingerprint density at radius 3 is 2.72 bits per heavy atom. The van der Waals surface area contributed by atoms with Crippen LogP contribution in [0.3, 0.4) is 0 Å². The van der Waals surface area contributed by atoms with Gasteiger partial charge in [0.15, 0.2) is 5.69 Å². The molecule has 0 spiro atoms. The lowest BCUT2D eigenvalue weighted by molar-refractivity contribution is 0.102. The van der Waals surface area contributed by atoms with Crippen molar-refractivity contribution in [1.82, 2.24) is 4.98 Å². The van der Waals surface area contributed by atoms with Crippen LogP contribution in [-0.2, 0) is 0 Å². The molecular formula is C12H9F2N3O. The first-order valence-electron chi connectivity index (χ1n) is 5.05. The van der Waals surface area contributed by atoms with E-state index in [1.165, 1.54) is 12.3 Å². The Morgan fingerprint density at radius 2 is 2.06 bits per heavy atom. The van der Waals surface area contributed by atoms with E-state index in [0.29, 0.717) is 6.07 Å². The number of benzene rings is 1. The average Bonchev–Trinajstić information content (AvgIpc) is 2.33. The van der Waals surface area contributed by atoms with Crippen molar-refractivity contribution in [3.05, 3.63) is 53.9 Å². The van der Waals surface area contributed by atoms with Crippen molar-refractivity contribution in [2.24, 2.45) is 0 Å². The Hall–Kier alpha value is -2.50. The van der Waals surface area contributed by atoms with Crippen molar-refractivity contribution < 1.29 is 13.6 Å². The number of nitrogens with two attached hydrogens (primary N) is 1. The molecule has 0 radical (unpaired) electrons. The SMILES string of the molecule is Nc1cccnc1C(=O)Nc1ccc(F)cc1F. The monoisotopic (exact) mass is 249 g/mol. The molecule has 0 atom stereocenters. The van der Waals surface area contributed by atoms with E-state index in [-0.39, 0.29) is 17.1 Å². The van der Waals surface area contributed by atoms with E-state index in [4.69, 9.17) is 5.73 Å². The van der Waals surface area contributed by atoms with E-state index in [1.54, 1.807) is 6.07 Å². The number of aromatic nitrogens is 1. The molecule has 0 unspecified atom stereocenters. The van der Waals surface area contributed by atoms with E-state index < -0.39 is 17.5 Å². The van der Waals surface area contributed by atoms with Crippen LogP contribution >= 0.6 is 0 Å². The molecule has 0 aliphatic heterocycles. The molecule has 4 nitrogen and oxygen atoms in total. The number of nitrogen functional groups attached to an aromatic ring is 1. The Bertz CT molecular complexity index is 602. The van der Waals surface area contributed by atoms with Gasteiger partial charge in [0.25, 0.3) is 5.91 Å². The lowest BCUT2D eigenvalue weighted by Crippen LogP contribution is -2.16. The quantitative estimate of drug-likeness (QED) is 0.857. The summed E-state index contributed by atoms with van der Waals surface area (Å²) in [5, 5.41) is 2.27. The van der Waals surface area contributed by atoms with Gasteiger partial charge in [-0.05, 0) is 24.3 Å². The summed E-state index contributed by atoms with van der Waals surface area (Å²) < 4.78 is 26.0. The second-order valence-electron chi connectivity index (χ2n) is 3.52. The van der Waals surface area contributed by atoms with Gasteiger partial charge in [0.05, 0.1) is 11.4 Å². The van der Waals surface area contributed by atoms with Gasteiger partial charge in [-0.1, -0.05) is 0 Å². The van der Waals surface area contributed by atoms with Crippen molar-refractivity contribution in [2.75, 3.05) is 11.1 Å². The molecule has 1 aromatic heterocycles. The fourth-order valence-corrected chi connectivity index (χ4v) is 1.38. The first-order chi connectivity index (χ1) is 8.58. The second-order valence-corrected chi connectivity index (χ2v) is 3.52. The standard InChI is InChI=1S/C12H9F2N3O/c13-7-3-4-10(8(14)6-7)17-12(18)11-9(15)2-1-5-16-11/h1-6H,15H2,(H,17,18). The molecule has 2 aromatic rings. The van der Waals surface area contributed by atoms with Gasteiger partial charge in [0, 0.05) is 12.3 Å². The summed E-state index contributed by atoms with van der Waals surface area (Å²) >= 11 is 0. The largest absolute Gasteiger partial charge is 0.397 e. The Labute approximate surface area is 101 Å². The third kappa shape index (κ3) is 2.42. The molecule has 0 saturated heterocycles. The fraction of sp³-hybridized carbons (Fsp3) is 0. The zero-order valence-electron chi connectivity index (χ0n) is 9.15. The Balaban J connectivity index is 2.24. The summed E-state index contributed by atoms with van der Waals surface area (Å²) in [5.41, 5.74) is 5.59. The highest BCUT2D eigenvalue weighted by molar-refractivity contribution is 6.06. The van der Waals surface area contributed by atoms with Crippen LogP contribution in [-0.4, -0.2) is 10.9 Å². The zero-order chi connectivity index (χ0) is 13.1. The Kier molecular flexibility index (Phi) is 3.18. The van der Waals surface area contributed by atoms with Crippen LogP contribution in [0.1, 0.15) is 10.5 Å². The number of hydrogen-bond acceptors (Lipinski definition) is 3. The van der Waals surface area contributed by atoms with Crippen molar-refractivity contribution in [1.29, 1.82) is 0 Å². The van der Waals surface area contributed by atoms with Crippen LogP contribution in [0, 0.1) is 11.6 Å². The summed E-state index contributed by atoms with van der Waals surface area (Å²) in [6, 6.07) is 5.92. The van der Waals surface area contributed by atoms with Crippen LogP contribution in [0.25, 0.3) is 0 Å². The van der Waals surface area contributed by atoms with Crippen LogP contribution in [0.15, 0.2) is 36.5 Å². The summed E-state index contributed by atoms with van der Waals surface area (Å²) in [6.07, 6.45) is 1.40. The molecule has 6 heteroatoms. The van der Waals surface area contributed by atoms with Crippen molar-refractivity contribution in [3.8, 4) is 0 Å². The third-order valence-corrected chi connectivity index (χ3v) is 2.23. The number of anilines is 2. The van der Waals surface area contributed by atoms with Crippen molar-refractivity contribution in [2.45, 2.75) is 0 Å². The van der Waals surface area contributed by atoms with Crippen LogP contribution in [0.4, 0.5) is 20.2 Å². The summed E-state index contributed by atoms with van der Waals surface area (Å²) in [4.78, 5) is 15.5. The lowest BCUT2D eigenvalue weighted by Gasteiger charge is -2.07. The normalized spacial score (nSPS) is 10.1. The minimum Gasteiger partial charge on any atom is -0.397 e. The molecule has 92 valence electrons. The Morgan fingerprint density at radius 1 is 1.28 bits per heavy atom. The molecule has 18 heavy (non-hydrogen) atoms. The van der Waals surface area contributed by atoms with E-state index in [1.807, 2.05) is 0 Å². The van der Waals surface area contributed by atoms with E-state index >= 15 is 0 Å². The maximum absolute atomic E-state index is 13.3. The number of nitrogens with zero attached hydrogens (tertiary/aromatic N) is 1. The number of halogens is 2. The van der Waals surface area contributed by atoms with Crippen LogP contribution < -0.4 is 11.1 Å². The van der Waals surface area contributed by atoms with Gasteiger partial charge in [0.2, 0.25) is 0 Å². The molecule has 0 aliphatic carbocycles. The molecule has 1 heterocycles. The molecule has 0 fully saturated rings. The molecule has 0 saturated carbocycles. The number of amides is 1. The fourth-order valence-electron chi connectivity index (χ4n) is 1.38. The molecule has 3 N–H and O–H groups in total. The minimum absolute atomic E-state index is 0.0128. The van der Waals surface area contributed by atoms with E-state index in [0.717, 1.165) is 12.1 Å². The third-order valence-electron chi connectivity index (χ3n) is 2.23. The number of nitrogens with one attached hydrogen (secondary N) is 1. The molecule has 0 aliphatic rings. The maximum atomic E-state index is 13.3. The molecular weight excluding hydrogens is 240 g/mol. The first-order valence-corrected chi connectivity index (χ1v) is 5.05. The predicted molar refractivity (Wildman–Crippen MR) is 63.0 cm³/mol. The van der Waals surface area contributed by atoms with E-state index in [9.17, 15) is 13.6 Å². The van der Waals surface area contributed by atoms with Gasteiger partial charge in [-0.3, -0.25) is 4.79 Å². The average molecular weight is 249 g/mol. The first kappa shape index (κ1) is 12.0. The topological polar surface area (TPSA) is 68.0 Å². The zero-order valence-corrected chi connectivity index (χ0v) is 9.15. The van der Waals surface area contributed by atoms with Crippen molar-refractivity contribution in [3.63, 3.8) is 0 Å². The van der Waals surface area contributed by atoms with Gasteiger partial charge in [-0.25, -0.2) is 13.8 Å². The number of rotatable bonds is 2. The predicted octanol–water partition coefficient (Wildman–Crippen LogP) is 2.19. The molecule has 0 bridgehead atoms. The molecule has 1 aromatic carbocycles. The molecule has 2 rings (SSSR count). The number of hydrogen-bond donors (Lipinski definition) is 2. The highest BCUT2D eigenvalue weighted by Gasteiger charge is 2.13. The van der Waals surface area contributed by atoms with Gasteiger partial charge >= 0.3 is 0 Å². The van der Waals surface area contributed by atoms with Crippen LogP contribution in [0.5, 0.6) is 0 Å². The maximum Gasteiger partial charge on any atom is 0.276 e. The summed E-state index contributed by atoms with van der Waals surface area (Å²) in [5.74, 6) is -2.24. The lowest BCUT2D eigenvalue weighted by atomic mass is 10.2. The van der Waals surface area contributed by atoms with E-state index in [2.05, 4.69) is 10.3 Å². The second kappa shape index (κ2) is 4.79. The van der Waals surface area contributed by atoms with Crippen molar-refractivity contribution >= 4 is 17.3 Å². The summed E-state index contributed by atoms with van der Waals surface area (Å²) in [7, 11) is 0. The van der Waals surface area contributed by atoms with Gasteiger partial charge in [0.1, 0.15) is 11.6 Å².